The summed E-state index contributed by atoms with van der Waals surface area (Å²) in [5.74, 6) is -1.58. The molecule has 2 aromatic rings. The predicted molar refractivity (Wildman–Crippen MR) is 101 cm³/mol. The molecule has 0 bridgehead atoms. The van der Waals surface area contributed by atoms with E-state index in [4.69, 9.17) is 21.1 Å². The van der Waals surface area contributed by atoms with Crippen LogP contribution in [0.2, 0.25) is 0 Å². The van der Waals surface area contributed by atoms with E-state index in [0.29, 0.717) is 18.6 Å². The molecule has 2 heterocycles. The number of aliphatic hydroxyl groups is 2. The third kappa shape index (κ3) is 9.09. The lowest BCUT2D eigenvalue weighted by Crippen LogP contribution is -2.17. The quantitative estimate of drug-likeness (QED) is 0.356. The zero-order chi connectivity index (χ0) is 21.7. The summed E-state index contributed by atoms with van der Waals surface area (Å²) in [6.45, 7) is 3.56. The minimum absolute atomic E-state index is 0.00595. The van der Waals surface area contributed by atoms with Gasteiger partial charge in [0.05, 0.1) is 6.33 Å². The van der Waals surface area contributed by atoms with E-state index in [-0.39, 0.29) is 49.0 Å². The predicted octanol–water partition coefficient (Wildman–Crippen LogP) is -0.345. The van der Waals surface area contributed by atoms with Gasteiger partial charge in [0.1, 0.15) is 0 Å². The number of nitrogens with zero attached hydrogens (tertiary/aromatic N) is 3. The first-order valence-corrected chi connectivity index (χ1v) is 8.55. The molecule has 12 nitrogen and oxygen atoms in total. The topological polar surface area (TPSA) is 205 Å². The molecule has 2 rings (SSSR count). The van der Waals surface area contributed by atoms with Crippen LogP contribution in [0.5, 0.6) is 0 Å². The van der Waals surface area contributed by atoms with E-state index in [9.17, 15) is 19.5 Å². The van der Waals surface area contributed by atoms with Gasteiger partial charge in [-0.2, -0.15) is 4.98 Å². The summed E-state index contributed by atoms with van der Waals surface area (Å²) in [7, 11) is 0. The Morgan fingerprint density at radius 1 is 1.21 bits per heavy atom. The zero-order valence-electron chi connectivity index (χ0n) is 15.8. The number of nitrogens with two attached hydrogens (primary N) is 1. The molecule has 0 spiro atoms. The molecule has 0 saturated heterocycles. The summed E-state index contributed by atoms with van der Waals surface area (Å²) in [6.07, 6.45) is 2.39. The van der Waals surface area contributed by atoms with Crippen LogP contribution in [-0.4, -0.2) is 65.1 Å². The van der Waals surface area contributed by atoms with Crippen molar-refractivity contribution < 1.29 is 30.0 Å². The van der Waals surface area contributed by atoms with Crippen LogP contribution in [0, 0.1) is 5.92 Å². The Hall–Kier alpha value is -2.99. The summed E-state index contributed by atoms with van der Waals surface area (Å²) in [5, 5.41) is 33.5. The molecule has 0 aliphatic rings. The second-order valence-electron chi connectivity index (χ2n) is 5.58. The first kappa shape index (κ1) is 25.0. The number of aromatic amines is 1. The number of aromatic nitrogens is 4. The fourth-order valence-corrected chi connectivity index (χ4v) is 1.81. The van der Waals surface area contributed by atoms with Crippen LogP contribution >= 0.6 is 0 Å². The second-order valence-corrected chi connectivity index (χ2v) is 5.58. The average molecular weight is 401 g/mol. The maximum atomic E-state index is 11.6. The Labute approximate surface area is 160 Å². The normalized spacial score (nSPS) is 11.0. The number of anilines is 1. The van der Waals surface area contributed by atoms with Crippen LogP contribution in [0.1, 0.15) is 33.1 Å². The number of fused-ring (bicyclic) bond motifs is 1. The summed E-state index contributed by atoms with van der Waals surface area (Å²) in [4.78, 5) is 40.6. The smallest absolute Gasteiger partial charge is 0.303 e. The van der Waals surface area contributed by atoms with Crippen LogP contribution in [0.15, 0.2) is 11.1 Å². The largest absolute Gasteiger partial charge is 0.481 e. The maximum absolute atomic E-state index is 11.6. The number of imidazole rings is 1. The first-order valence-electron chi connectivity index (χ1n) is 8.55. The molecular formula is C16H27N5O7. The zero-order valence-corrected chi connectivity index (χ0v) is 15.8. The van der Waals surface area contributed by atoms with Crippen molar-refractivity contribution in [2.24, 2.45) is 5.92 Å². The molecule has 0 saturated carbocycles. The first-order chi connectivity index (χ1) is 13.2. The lowest BCUT2D eigenvalue weighted by molar-refractivity contribution is -0.137. The van der Waals surface area contributed by atoms with E-state index in [1.807, 2.05) is 0 Å². The number of aliphatic carboxylic acids is 2. The molecule has 0 aliphatic carbocycles. The number of nitrogens with one attached hydrogen (secondary N) is 1. The molecule has 0 aliphatic heterocycles. The van der Waals surface area contributed by atoms with Crippen molar-refractivity contribution >= 4 is 29.1 Å². The van der Waals surface area contributed by atoms with Gasteiger partial charge in [0.25, 0.3) is 5.56 Å². The number of H-pyrrole nitrogens is 1. The van der Waals surface area contributed by atoms with Crippen LogP contribution in [0.3, 0.4) is 0 Å². The van der Waals surface area contributed by atoms with Crippen LogP contribution in [-0.2, 0) is 16.1 Å². The lowest BCUT2D eigenvalue weighted by atomic mass is 10.1. The number of nitrogen functional groups attached to an aromatic ring is 1. The number of rotatable bonds is 7. The van der Waals surface area contributed by atoms with E-state index in [1.165, 1.54) is 6.33 Å². The van der Waals surface area contributed by atoms with Gasteiger partial charge in [-0.3, -0.25) is 19.4 Å². The van der Waals surface area contributed by atoms with Crippen molar-refractivity contribution in [3.8, 4) is 0 Å². The summed E-state index contributed by atoms with van der Waals surface area (Å²) in [5.41, 5.74) is 5.68. The number of carboxylic acid groups (broad SMARTS) is 2. The van der Waals surface area contributed by atoms with E-state index in [2.05, 4.69) is 15.0 Å². The van der Waals surface area contributed by atoms with Gasteiger partial charge in [-0.25, -0.2) is 4.98 Å². The number of carboxylic acids is 2. The Bertz CT molecular complexity index is 788. The fourth-order valence-electron chi connectivity index (χ4n) is 1.81. The van der Waals surface area contributed by atoms with E-state index < -0.39 is 11.9 Å². The Morgan fingerprint density at radius 3 is 2.18 bits per heavy atom. The maximum Gasteiger partial charge on any atom is 0.303 e. The molecule has 0 aromatic carbocycles. The molecule has 1 unspecified atom stereocenters. The highest BCUT2D eigenvalue weighted by atomic mass is 16.4. The van der Waals surface area contributed by atoms with Gasteiger partial charge in [0.2, 0.25) is 5.95 Å². The Morgan fingerprint density at radius 2 is 1.75 bits per heavy atom. The third-order valence-electron chi connectivity index (χ3n) is 3.35. The summed E-state index contributed by atoms with van der Waals surface area (Å²) >= 11 is 0. The van der Waals surface area contributed by atoms with Crippen molar-refractivity contribution in [1.29, 1.82) is 0 Å². The Balaban J connectivity index is 0.000000607. The van der Waals surface area contributed by atoms with E-state index >= 15 is 0 Å². The number of hydrogen-bond acceptors (Lipinski definition) is 8. The molecule has 28 heavy (non-hydrogen) atoms. The molecular weight excluding hydrogens is 374 g/mol. The van der Waals surface area contributed by atoms with Gasteiger partial charge in [0, 0.05) is 38.5 Å². The molecule has 2 aromatic heterocycles. The van der Waals surface area contributed by atoms with Crippen molar-refractivity contribution in [3.05, 3.63) is 16.7 Å². The van der Waals surface area contributed by atoms with Gasteiger partial charge in [-0.05, 0) is 6.42 Å². The van der Waals surface area contributed by atoms with Crippen molar-refractivity contribution in [2.75, 3.05) is 18.9 Å². The molecule has 0 amide bonds. The summed E-state index contributed by atoms with van der Waals surface area (Å²) < 4.78 is 1.65. The molecule has 1 atom stereocenters. The van der Waals surface area contributed by atoms with Gasteiger partial charge in [-0.15, -0.1) is 0 Å². The van der Waals surface area contributed by atoms with Gasteiger partial charge in [0.15, 0.2) is 11.2 Å². The SMILES string of the molecule is CCC(=O)O.CCC(=O)O.Nc1nc2c(ncn2CC(CO)CCO)c(=O)[nH]1. The second kappa shape index (κ2) is 13.2. The van der Waals surface area contributed by atoms with Crippen molar-refractivity contribution in [3.63, 3.8) is 0 Å². The third-order valence-corrected chi connectivity index (χ3v) is 3.35. The highest BCUT2D eigenvalue weighted by Crippen LogP contribution is 2.11. The highest BCUT2D eigenvalue weighted by Gasteiger charge is 2.13. The molecule has 12 heteroatoms. The van der Waals surface area contributed by atoms with Crippen LogP contribution in [0.25, 0.3) is 11.2 Å². The minimum atomic E-state index is -0.745. The van der Waals surface area contributed by atoms with Gasteiger partial charge >= 0.3 is 11.9 Å². The van der Waals surface area contributed by atoms with E-state index in [0.717, 1.165) is 0 Å². The molecule has 7 N–H and O–H groups in total. The number of hydrogen-bond donors (Lipinski definition) is 6. The van der Waals surface area contributed by atoms with Gasteiger partial charge < -0.3 is 30.7 Å². The lowest BCUT2D eigenvalue weighted by Gasteiger charge is -2.13. The highest BCUT2D eigenvalue weighted by molar-refractivity contribution is 5.70. The van der Waals surface area contributed by atoms with Crippen LogP contribution in [0.4, 0.5) is 5.95 Å². The van der Waals surface area contributed by atoms with E-state index in [1.54, 1.807) is 18.4 Å². The molecule has 0 fully saturated rings. The minimum Gasteiger partial charge on any atom is -0.481 e. The van der Waals surface area contributed by atoms with Crippen molar-refractivity contribution in [2.45, 2.75) is 39.7 Å². The van der Waals surface area contributed by atoms with Gasteiger partial charge in [-0.1, -0.05) is 13.8 Å². The number of aliphatic hydroxyl groups excluding tert-OH is 2. The molecule has 158 valence electrons. The monoisotopic (exact) mass is 401 g/mol. The summed E-state index contributed by atoms with van der Waals surface area (Å²) in [6, 6.07) is 0. The fraction of sp³-hybridized carbons (Fsp3) is 0.562. The number of carbonyl (C=O) groups is 2. The average Bonchev–Trinajstić information content (AvgIpc) is 3.05. The Kier molecular flexibility index (Phi) is 11.8. The van der Waals surface area contributed by atoms with Crippen LogP contribution < -0.4 is 11.3 Å². The molecule has 0 radical (unpaired) electrons. The standard InChI is InChI=1S/C10H15N5O3.2C3H6O2/c11-10-13-8-7(9(18)14-10)12-5-15(8)3-6(4-17)1-2-16;2*1-2-3(4)5/h5-6,16-17H,1-4H2,(H3,11,13,14,18);2*2H2,1H3,(H,4,5). The van der Waals surface area contributed by atoms with Crippen molar-refractivity contribution in [1.82, 2.24) is 19.5 Å².